The number of benzene rings is 1. The largest absolute Gasteiger partial charge is 0.472 e. The van der Waals surface area contributed by atoms with Gasteiger partial charge in [0.05, 0.1) is 6.54 Å². The summed E-state index contributed by atoms with van der Waals surface area (Å²) in [6.07, 6.45) is 0. The summed E-state index contributed by atoms with van der Waals surface area (Å²) in [5, 5.41) is 11.4. The molecule has 21 heavy (non-hydrogen) atoms. The molecule has 0 aliphatic carbocycles. The third kappa shape index (κ3) is 2.92. The van der Waals surface area contributed by atoms with Crippen LogP contribution >= 0.6 is 0 Å². The summed E-state index contributed by atoms with van der Waals surface area (Å²) in [6, 6.07) is 9.91. The number of nitrogens with one attached hydrogen (secondary N) is 2. The van der Waals surface area contributed by atoms with Gasteiger partial charge in [0, 0.05) is 22.7 Å². The molecule has 1 aromatic carbocycles. The molecule has 0 amide bonds. The third-order valence-corrected chi connectivity index (χ3v) is 3.36. The van der Waals surface area contributed by atoms with Crippen molar-refractivity contribution in [2.24, 2.45) is 0 Å². The average Bonchev–Trinajstić information content (AvgIpc) is 3.06. The molecule has 3 aromatic rings. The molecule has 110 valence electrons. The first-order valence-corrected chi connectivity index (χ1v) is 7.12. The molecule has 0 aliphatic heterocycles. The Labute approximate surface area is 123 Å². The molecule has 0 saturated carbocycles. The fraction of sp³-hybridized carbons (Fsp3) is 0.312. The number of nitrogens with zero attached hydrogens (tertiary/aromatic N) is 1. The van der Waals surface area contributed by atoms with Gasteiger partial charge in [-0.2, -0.15) is 0 Å². The van der Waals surface area contributed by atoms with E-state index in [1.54, 1.807) is 0 Å². The number of rotatable bonds is 6. The molecule has 2 heterocycles. The molecule has 0 fully saturated rings. The zero-order chi connectivity index (χ0) is 14.7. The Morgan fingerprint density at radius 1 is 1.33 bits per heavy atom. The highest BCUT2D eigenvalue weighted by Gasteiger charge is 2.14. The lowest BCUT2D eigenvalue weighted by Crippen LogP contribution is -2.13. The van der Waals surface area contributed by atoms with E-state index in [0.717, 1.165) is 34.5 Å². The first kappa shape index (κ1) is 13.7. The molecule has 3 rings (SSSR count). The average molecular weight is 285 g/mol. The number of H-pyrrole nitrogens is 1. The lowest BCUT2D eigenvalue weighted by Gasteiger charge is -2.04. The van der Waals surface area contributed by atoms with Gasteiger partial charge < -0.3 is 14.5 Å². The highest BCUT2D eigenvalue weighted by atomic mass is 16.5. The van der Waals surface area contributed by atoms with Crippen LogP contribution in [-0.2, 0) is 13.2 Å². The van der Waals surface area contributed by atoms with Crippen LogP contribution in [0, 0.1) is 6.92 Å². The van der Waals surface area contributed by atoms with Gasteiger partial charge in [0.25, 0.3) is 0 Å². The number of aryl methyl sites for hydroxylation is 1. The fourth-order valence-electron chi connectivity index (χ4n) is 2.30. The summed E-state index contributed by atoms with van der Waals surface area (Å²) in [6.45, 7) is 6.07. The minimum atomic E-state index is 0.446. The van der Waals surface area contributed by atoms with Crippen molar-refractivity contribution in [2.45, 2.75) is 27.0 Å². The second kappa shape index (κ2) is 6.01. The van der Waals surface area contributed by atoms with Crippen molar-refractivity contribution in [3.63, 3.8) is 0 Å². The zero-order valence-electron chi connectivity index (χ0n) is 12.3. The van der Waals surface area contributed by atoms with Crippen molar-refractivity contribution >= 4 is 11.0 Å². The molecular formula is C16H19N3O2. The lowest BCUT2D eigenvalue weighted by atomic mass is 10.1. The van der Waals surface area contributed by atoms with E-state index < -0.39 is 0 Å². The highest BCUT2D eigenvalue weighted by Crippen LogP contribution is 2.27. The Balaban J connectivity index is 1.87. The Hall–Kier alpha value is -2.27. The molecule has 2 aromatic heterocycles. The number of aromatic nitrogens is 2. The maximum atomic E-state index is 5.92. The quantitative estimate of drug-likeness (QED) is 0.730. The van der Waals surface area contributed by atoms with E-state index in [4.69, 9.17) is 9.15 Å². The van der Waals surface area contributed by atoms with E-state index in [-0.39, 0.29) is 0 Å². The maximum Gasteiger partial charge on any atom is 0.233 e. The number of fused-ring (bicyclic) bond motifs is 1. The van der Waals surface area contributed by atoms with Crippen molar-refractivity contribution < 1.29 is 9.15 Å². The van der Waals surface area contributed by atoms with Crippen LogP contribution in [0.3, 0.4) is 0 Å². The first-order valence-electron chi connectivity index (χ1n) is 7.12. The highest BCUT2D eigenvalue weighted by molar-refractivity contribution is 5.82. The minimum absolute atomic E-state index is 0.446. The van der Waals surface area contributed by atoms with Crippen molar-refractivity contribution in [1.82, 2.24) is 15.5 Å². The number of furan rings is 1. The summed E-state index contributed by atoms with van der Waals surface area (Å²) in [5.41, 5.74) is 2.95. The van der Waals surface area contributed by atoms with E-state index in [1.807, 2.05) is 31.2 Å². The minimum Gasteiger partial charge on any atom is -0.472 e. The Morgan fingerprint density at radius 2 is 2.19 bits per heavy atom. The number of hydrogen-bond acceptors (Lipinski definition) is 4. The second-order valence-corrected chi connectivity index (χ2v) is 4.96. The summed E-state index contributed by atoms with van der Waals surface area (Å²) in [5.74, 6) is 1.53. The summed E-state index contributed by atoms with van der Waals surface area (Å²) in [4.78, 5) is 0. The SMILES string of the molecule is CCNCc1oc2ccccc2c1COc1cc(C)[nH]n1. The molecule has 5 heteroatoms. The number of ether oxygens (including phenoxy) is 1. The molecule has 2 N–H and O–H groups in total. The molecule has 0 radical (unpaired) electrons. The van der Waals surface area contributed by atoms with Gasteiger partial charge >= 0.3 is 0 Å². The van der Waals surface area contributed by atoms with Gasteiger partial charge in [0.2, 0.25) is 5.88 Å². The zero-order valence-corrected chi connectivity index (χ0v) is 12.3. The first-order chi connectivity index (χ1) is 10.3. The Kier molecular flexibility index (Phi) is 3.92. The van der Waals surface area contributed by atoms with E-state index in [0.29, 0.717) is 19.0 Å². The second-order valence-electron chi connectivity index (χ2n) is 4.96. The topological polar surface area (TPSA) is 63.1 Å². The van der Waals surface area contributed by atoms with Gasteiger partial charge in [-0.1, -0.05) is 25.1 Å². The maximum absolute atomic E-state index is 5.92. The van der Waals surface area contributed by atoms with Gasteiger partial charge in [-0.15, -0.1) is 5.10 Å². The monoisotopic (exact) mass is 285 g/mol. The molecule has 0 aliphatic rings. The van der Waals surface area contributed by atoms with Crippen LogP contribution in [0.15, 0.2) is 34.7 Å². The van der Waals surface area contributed by atoms with Gasteiger partial charge in [0.1, 0.15) is 18.0 Å². The van der Waals surface area contributed by atoms with Gasteiger partial charge in [-0.3, -0.25) is 5.10 Å². The van der Waals surface area contributed by atoms with E-state index in [2.05, 4.69) is 28.5 Å². The fourth-order valence-corrected chi connectivity index (χ4v) is 2.30. The molecule has 5 nitrogen and oxygen atoms in total. The van der Waals surface area contributed by atoms with Crippen molar-refractivity contribution in [1.29, 1.82) is 0 Å². The van der Waals surface area contributed by atoms with Gasteiger partial charge in [-0.05, 0) is 19.5 Å². The molecule has 0 unspecified atom stereocenters. The van der Waals surface area contributed by atoms with Crippen molar-refractivity contribution in [2.75, 3.05) is 6.54 Å². The Bertz CT molecular complexity index is 730. The predicted octanol–water partition coefficient (Wildman–Crippen LogP) is 3.15. The summed E-state index contributed by atoms with van der Waals surface area (Å²) in [7, 11) is 0. The Morgan fingerprint density at radius 3 is 2.95 bits per heavy atom. The number of hydrogen-bond donors (Lipinski definition) is 2. The van der Waals surface area contributed by atoms with Crippen LogP contribution in [0.5, 0.6) is 5.88 Å². The molecular weight excluding hydrogens is 266 g/mol. The lowest BCUT2D eigenvalue weighted by molar-refractivity contribution is 0.290. The van der Waals surface area contributed by atoms with Crippen LogP contribution in [0.25, 0.3) is 11.0 Å². The number of aromatic amines is 1. The van der Waals surface area contributed by atoms with E-state index >= 15 is 0 Å². The molecule has 0 saturated heterocycles. The summed E-state index contributed by atoms with van der Waals surface area (Å²) >= 11 is 0. The normalized spacial score (nSPS) is 11.1. The van der Waals surface area contributed by atoms with Gasteiger partial charge in [-0.25, -0.2) is 0 Å². The van der Waals surface area contributed by atoms with E-state index in [9.17, 15) is 0 Å². The van der Waals surface area contributed by atoms with Crippen molar-refractivity contribution in [3.05, 3.63) is 47.3 Å². The van der Waals surface area contributed by atoms with Crippen LogP contribution in [-0.4, -0.2) is 16.7 Å². The third-order valence-electron chi connectivity index (χ3n) is 3.36. The standard InChI is InChI=1S/C16H19N3O2/c1-3-17-9-15-13(10-20-16-8-11(2)18-19-16)12-6-4-5-7-14(12)21-15/h4-8,17H,3,9-10H2,1-2H3,(H,18,19). The molecule has 0 spiro atoms. The van der Waals surface area contributed by atoms with Crippen LogP contribution in [0.1, 0.15) is 23.9 Å². The van der Waals surface area contributed by atoms with E-state index in [1.165, 1.54) is 0 Å². The van der Waals surface area contributed by atoms with Crippen molar-refractivity contribution in [3.8, 4) is 5.88 Å². The summed E-state index contributed by atoms with van der Waals surface area (Å²) < 4.78 is 11.7. The smallest absolute Gasteiger partial charge is 0.233 e. The predicted molar refractivity (Wildman–Crippen MR) is 81.3 cm³/mol. The van der Waals surface area contributed by atoms with Crippen LogP contribution < -0.4 is 10.1 Å². The van der Waals surface area contributed by atoms with Gasteiger partial charge in [0.15, 0.2) is 0 Å². The number of para-hydroxylation sites is 1. The van der Waals surface area contributed by atoms with Crippen LogP contribution in [0.2, 0.25) is 0 Å². The molecule has 0 atom stereocenters. The van der Waals surface area contributed by atoms with Crippen LogP contribution in [0.4, 0.5) is 0 Å². The molecule has 0 bridgehead atoms.